The SMILES string of the molecule is O=C(Cc1cccc2ccccc12)N1CCCC1CBr. The highest BCUT2D eigenvalue weighted by atomic mass is 79.9. The molecule has 1 fully saturated rings. The molecule has 2 aromatic rings. The van der Waals surface area contributed by atoms with Crippen molar-refractivity contribution in [2.24, 2.45) is 0 Å². The number of rotatable bonds is 3. The summed E-state index contributed by atoms with van der Waals surface area (Å²) in [7, 11) is 0. The van der Waals surface area contributed by atoms with Gasteiger partial charge in [0.2, 0.25) is 5.91 Å². The van der Waals surface area contributed by atoms with Gasteiger partial charge >= 0.3 is 0 Å². The zero-order valence-electron chi connectivity index (χ0n) is 11.4. The Hall–Kier alpha value is -1.35. The van der Waals surface area contributed by atoms with E-state index >= 15 is 0 Å². The lowest BCUT2D eigenvalue weighted by Crippen LogP contribution is -2.37. The van der Waals surface area contributed by atoms with Gasteiger partial charge in [0.15, 0.2) is 0 Å². The second-order valence-corrected chi connectivity index (χ2v) is 6.00. The first-order chi connectivity index (χ1) is 9.79. The van der Waals surface area contributed by atoms with Crippen molar-refractivity contribution in [3.8, 4) is 0 Å². The highest BCUT2D eigenvalue weighted by molar-refractivity contribution is 9.09. The van der Waals surface area contributed by atoms with Gasteiger partial charge in [-0.1, -0.05) is 58.4 Å². The number of hydrogen-bond donors (Lipinski definition) is 0. The molecule has 1 aliphatic rings. The molecule has 1 unspecified atom stereocenters. The molecule has 0 spiro atoms. The highest BCUT2D eigenvalue weighted by Crippen LogP contribution is 2.23. The first-order valence-electron chi connectivity index (χ1n) is 7.11. The number of benzene rings is 2. The van der Waals surface area contributed by atoms with Gasteiger partial charge in [-0.05, 0) is 29.2 Å². The monoisotopic (exact) mass is 331 g/mol. The Morgan fingerprint density at radius 1 is 1.20 bits per heavy atom. The fraction of sp³-hybridized carbons (Fsp3) is 0.353. The van der Waals surface area contributed by atoms with Gasteiger partial charge in [-0.2, -0.15) is 0 Å². The van der Waals surface area contributed by atoms with Gasteiger partial charge in [0.25, 0.3) is 0 Å². The van der Waals surface area contributed by atoms with Crippen LogP contribution in [0.15, 0.2) is 42.5 Å². The van der Waals surface area contributed by atoms with Crippen molar-refractivity contribution in [2.75, 3.05) is 11.9 Å². The molecule has 1 heterocycles. The predicted octanol–water partition coefficient (Wildman–Crippen LogP) is 3.77. The topological polar surface area (TPSA) is 20.3 Å². The van der Waals surface area contributed by atoms with Crippen molar-refractivity contribution in [1.82, 2.24) is 4.90 Å². The quantitative estimate of drug-likeness (QED) is 0.784. The minimum absolute atomic E-state index is 0.253. The molecule has 1 amide bonds. The Morgan fingerprint density at radius 3 is 2.85 bits per heavy atom. The number of carbonyl (C=O) groups excluding carboxylic acids is 1. The maximum Gasteiger partial charge on any atom is 0.227 e. The van der Waals surface area contributed by atoms with Crippen molar-refractivity contribution in [3.05, 3.63) is 48.0 Å². The van der Waals surface area contributed by atoms with E-state index in [1.807, 2.05) is 23.1 Å². The molecule has 0 radical (unpaired) electrons. The van der Waals surface area contributed by atoms with Crippen molar-refractivity contribution in [3.63, 3.8) is 0 Å². The van der Waals surface area contributed by atoms with E-state index in [4.69, 9.17) is 0 Å². The van der Waals surface area contributed by atoms with E-state index in [1.54, 1.807) is 0 Å². The minimum Gasteiger partial charge on any atom is -0.339 e. The van der Waals surface area contributed by atoms with Crippen LogP contribution in [-0.2, 0) is 11.2 Å². The van der Waals surface area contributed by atoms with Crippen LogP contribution in [0.3, 0.4) is 0 Å². The summed E-state index contributed by atoms with van der Waals surface area (Å²) >= 11 is 3.52. The van der Waals surface area contributed by atoms with Crippen LogP contribution < -0.4 is 0 Å². The minimum atomic E-state index is 0.253. The predicted molar refractivity (Wildman–Crippen MR) is 86.2 cm³/mol. The standard InChI is InChI=1S/C17H18BrNO/c18-12-15-8-4-10-19(15)17(20)11-14-7-3-6-13-5-1-2-9-16(13)14/h1-3,5-7,9,15H,4,8,10-12H2. The lowest BCUT2D eigenvalue weighted by atomic mass is 10.0. The molecular formula is C17H18BrNO. The van der Waals surface area contributed by atoms with E-state index in [-0.39, 0.29) is 5.91 Å². The number of alkyl halides is 1. The molecule has 3 rings (SSSR count). The van der Waals surface area contributed by atoms with Crippen LogP contribution in [0.5, 0.6) is 0 Å². The van der Waals surface area contributed by atoms with Crippen molar-refractivity contribution < 1.29 is 4.79 Å². The number of nitrogens with zero attached hydrogens (tertiary/aromatic N) is 1. The Balaban J connectivity index is 1.84. The normalized spacial score (nSPS) is 18.6. The number of likely N-dealkylation sites (tertiary alicyclic amines) is 1. The largest absolute Gasteiger partial charge is 0.339 e. The summed E-state index contributed by atoms with van der Waals surface area (Å²) in [6.07, 6.45) is 2.74. The Labute approximate surface area is 127 Å². The molecule has 0 aromatic heterocycles. The molecule has 1 atom stereocenters. The van der Waals surface area contributed by atoms with Crippen LogP contribution in [0.2, 0.25) is 0 Å². The third kappa shape index (κ3) is 2.59. The fourth-order valence-electron chi connectivity index (χ4n) is 3.04. The molecule has 20 heavy (non-hydrogen) atoms. The van der Waals surface area contributed by atoms with Crippen molar-refractivity contribution in [1.29, 1.82) is 0 Å². The maximum atomic E-state index is 12.5. The van der Waals surface area contributed by atoms with Crippen LogP contribution in [0.1, 0.15) is 18.4 Å². The van der Waals surface area contributed by atoms with Gasteiger partial charge in [-0.3, -0.25) is 4.79 Å². The first kappa shape index (κ1) is 13.6. The molecule has 0 saturated carbocycles. The Morgan fingerprint density at radius 2 is 2.00 bits per heavy atom. The van der Waals surface area contributed by atoms with Crippen LogP contribution in [0, 0.1) is 0 Å². The maximum absolute atomic E-state index is 12.5. The Bertz CT molecular complexity index is 620. The Kier molecular flexibility index (Phi) is 4.06. The van der Waals surface area contributed by atoms with E-state index in [1.165, 1.54) is 10.8 Å². The van der Waals surface area contributed by atoms with Gasteiger partial charge in [-0.15, -0.1) is 0 Å². The smallest absolute Gasteiger partial charge is 0.227 e. The molecule has 0 aliphatic carbocycles. The molecule has 2 aromatic carbocycles. The van der Waals surface area contributed by atoms with Gasteiger partial charge in [0.1, 0.15) is 0 Å². The lowest BCUT2D eigenvalue weighted by molar-refractivity contribution is -0.130. The third-order valence-corrected chi connectivity index (χ3v) is 4.84. The van der Waals surface area contributed by atoms with Gasteiger partial charge in [0, 0.05) is 17.9 Å². The van der Waals surface area contributed by atoms with Crippen LogP contribution in [0.4, 0.5) is 0 Å². The van der Waals surface area contributed by atoms with Crippen LogP contribution in [0.25, 0.3) is 10.8 Å². The summed E-state index contributed by atoms with van der Waals surface area (Å²) in [6.45, 7) is 0.903. The molecular weight excluding hydrogens is 314 g/mol. The summed E-state index contributed by atoms with van der Waals surface area (Å²) in [4.78, 5) is 14.6. The molecule has 3 heteroatoms. The number of carbonyl (C=O) groups is 1. The average molecular weight is 332 g/mol. The number of halogens is 1. The highest BCUT2D eigenvalue weighted by Gasteiger charge is 2.27. The zero-order valence-corrected chi connectivity index (χ0v) is 13.0. The van der Waals surface area contributed by atoms with E-state index in [2.05, 4.69) is 40.2 Å². The molecule has 1 aliphatic heterocycles. The summed E-state index contributed by atoms with van der Waals surface area (Å²) in [5.74, 6) is 0.253. The van der Waals surface area contributed by atoms with E-state index < -0.39 is 0 Å². The number of fused-ring (bicyclic) bond motifs is 1. The summed E-state index contributed by atoms with van der Waals surface area (Å²) in [5.41, 5.74) is 1.13. The first-order valence-corrected chi connectivity index (χ1v) is 8.24. The van der Waals surface area contributed by atoms with E-state index in [0.717, 1.165) is 30.3 Å². The van der Waals surface area contributed by atoms with Gasteiger partial charge in [0.05, 0.1) is 6.42 Å². The fourth-order valence-corrected chi connectivity index (χ4v) is 3.71. The average Bonchev–Trinajstić information content (AvgIpc) is 2.96. The summed E-state index contributed by atoms with van der Waals surface area (Å²) < 4.78 is 0. The zero-order chi connectivity index (χ0) is 13.9. The van der Waals surface area contributed by atoms with Crippen LogP contribution in [-0.4, -0.2) is 28.7 Å². The number of amides is 1. The number of hydrogen-bond acceptors (Lipinski definition) is 1. The second-order valence-electron chi connectivity index (χ2n) is 5.35. The molecule has 1 saturated heterocycles. The molecule has 0 bridgehead atoms. The van der Waals surface area contributed by atoms with E-state index in [9.17, 15) is 4.79 Å². The molecule has 0 N–H and O–H groups in total. The molecule has 104 valence electrons. The summed E-state index contributed by atoms with van der Waals surface area (Å²) in [5, 5.41) is 3.28. The third-order valence-electron chi connectivity index (χ3n) is 4.10. The van der Waals surface area contributed by atoms with Crippen molar-refractivity contribution >= 4 is 32.6 Å². The lowest BCUT2D eigenvalue weighted by Gasteiger charge is -2.23. The molecule has 2 nitrogen and oxygen atoms in total. The summed E-state index contributed by atoms with van der Waals surface area (Å²) in [6, 6.07) is 14.8. The van der Waals surface area contributed by atoms with Gasteiger partial charge < -0.3 is 4.90 Å². The van der Waals surface area contributed by atoms with Gasteiger partial charge in [-0.25, -0.2) is 0 Å². The van der Waals surface area contributed by atoms with E-state index in [0.29, 0.717) is 12.5 Å². The second kappa shape index (κ2) is 5.96. The van der Waals surface area contributed by atoms with Crippen molar-refractivity contribution in [2.45, 2.75) is 25.3 Å². The van der Waals surface area contributed by atoms with Crippen LogP contribution >= 0.6 is 15.9 Å².